The predicted octanol–water partition coefficient (Wildman–Crippen LogP) is 0.461. The summed E-state index contributed by atoms with van der Waals surface area (Å²) in [6.07, 6.45) is -0.432. The van der Waals surface area contributed by atoms with Crippen molar-refractivity contribution < 1.29 is 27.9 Å². The molecule has 8 nitrogen and oxygen atoms in total. The molecule has 136 valence electrons. The number of carbonyl (C=O) groups is 2. The zero-order chi connectivity index (χ0) is 18.2. The maximum absolute atomic E-state index is 12.7. The fourth-order valence-corrected chi connectivity index (χ4v) is 4.68. The van der Waals surface area contributed by atoms with Crippen molar-refractivity contribution in [1.82, 2.24) is 4.90 Å². The van der Waals surface area contributed by atoms with E-state index >= 15 is 0 Å². The Morgan fingerprint density at radius 1 is 1.28 bits per heavy atom. The van der Waals surface area contributed by atoms with Gasteiger partial charge in [0.05, 0.1) is 24.6 Å². The zero-order valence-corrected chi connectivity index (χ0v) is 14.7. The molecule has 0 aromatic heterocycles. The summed E-state index contributed by atoms with van der Waals surface area (Å²) in [6, 6.07) is 4.91. The van der Waals surface area contributed by atoms with E-state index in [1.54, 1.807) is 25.1 Å². The van der Waals surface area contributed by atoms with Gasteiger partial charge in [-0.2, -0.15) is 0 Å². The first-order valence-electron chi connectivity index (χ1n) is 8.04. The van der Waals surface area contributed by atoms with Gasteiger partial charge in [-0.25, -0.2) is 13.2 Å². The zero-order valence-electron chi connectivity index (χ0n) is 13.8. The number of aliphatic carboxylic acids is 1. The van der Waals surface area contributed by atoms with Crippen LogP contribution in [-0.4, -0.2) is 68.4 Å². The minimum Gasteiger partial charge on any atom is -0.479 e. The van der Waals surface area contributed by atoms with Crippen LogP contribution >= 0.6 is 0 Å². The maximum Gasteiger partial charge on any atom is 0.334 e. The van der Waals surface area contributed by atoms with Crippen molar-refractivity contribution in [2.24, 2.45) is 0 Å². The number of rotatable bonds is 3. The molecule has 1 unspecified atom stereocenters. The molecule has 1 atom stereocenters. The largest absolute Gasteiger partial charge is 0.479 e. The molecule has 1 aromatic rings. The van der Waals surface area contributed by atoms with Crippen LogP contribution in [0.2, 0.25) is 0 Å². The summed E-state index contributed by atoms with van der Waals surface area (Å²) in [5, 5.41) is 9.04. The van der Waals surface area contributed by atoms with E-state index in [4.69, 9.17) is 9.84 Å². The molecule has 25 heavy (non-hydrogen) atoms. The number of amides is 1. The molecule has 0 radical (unpaired) electrons. The molecule has 0 spiro atoms. The van der Waals surface area contributed by atoms with Crippen molar-refractivity contribution in [3.63, 3.8) is 0 Å². The van der Waals surface area contributed by atoms with Crippen LogP contribution in [0.5, 0.6) is 0 Å². The van der Waals surface area contributed by atoms with Crippen LogP contribution in [0.1, 0.15) is 22.3 Å². The van der Waals surface area contributed by atoms with Crippen molar-refractivity contribution in [2.75, 3.05) is 36.3 Å². The van der Waals surface area contributed by atoms with Crippen molar-refractivity contribution >= 4 is 27.6 Å². The van der Waals surface area contributed by atoms with Gasteiger partial charge >= 0.3 is 5.97 Å². The van der Waals surface area contributed by atoms with Gasteiger partial charge < -0.3 is 14.7 Å². The van der Waals surface area contributed by atoms with Crippen LogP contribution in [0.3, 0.4) is 0 Å². The van der Waals surface area contributed by atoms with Crippen LogP contribution in [0.15, 0.2) is 18.2 Å². The van der Waals surface area contributed by atoms with Crippen molar-refractivity contribution in [2.45, 2.75) is 19.4 Å². The van der Waals surface area contributed by atoms with Gasteiger partial charge in [0.2, 0.25) is 10.0 Å². The summed E-state index contributed by atoms with van der Waals surface area (Å²) in [5.74, 6) is -1.23. The third kappa shape index (κ3) is 3.47. The van der Waals surface area contributed by atoms with Crippen LogP contribution in [0.4, 0.5) is 5.69 Å². The Kier molecular flexibility index (Phi) is 4.70. The number of sulfonamides is 1. The number of aryl methyl sites for hydroxylation is 1. The highest BCUT2D eigenvalue weighted by molar-refractivity contribution is 7.93. The number of morpholine rings is 1. The molecule has 0 aliphatic carbocycles. The van der Waals surface area contributed by atoms with Crippen LogP contribution in [0, 0.1) is 6.92 Å². The highest BCUT2D eigenvalue weighted by Crippen LogP contribution is 2.27. The Hall–Kier alpha value is -2.13. The minimum atomic E-state index is -3.27. The second-order valence-electron chi connectivity index (χ2n) is 6.19. The second-order valence-corrected chi connectivity index (χ2v) is 8.20. The number of ether oxygens (including phenoxy) is 1. The summed E-state index contributed by atoms with van der Waals surface area (Å²) >= 11 is 0. The summed E-state index contributed by atoms with van der Waals surface area (Å²) in [6.45, 7) is 2.68. The Morgan fingerprint density at radius 2 is 2.04 bits per heavy atom. The molecular weight excluding hydrogens is 348 g/mol. The third-order valence-electron chi connectivity index (χ3n) is 4.46. The molecule has 2 heterocycles. The van der Waals surface area contributed by atoms with Gasteiger partial charge in [-0.3, -0.25) is 9.10 Å². The van der Waals surface area contributed by atoms with Gasteiger partial charge in [0.15, 0.2) is 6.10 Å². The van der Waals surface area contributed by atoms with Gasteiger partial charge in [0, 0.05) is 18.7 Å². The summed E-state index contributed by atoms with van der Waals surface area (Å²) in [5.41, 5.74) is 1.64. The van der Waals surface area contributed by atoms with Crippen LogP contribution in [0.25, 0.3) is 0 Å². The Labute approximate surface area is 146 Å². The highest BCUT2D eigenvalue weighted by atomic mass is 32.2. The Morgan fingerprint density at radius 3 is 2.64 bits per heavy atom. The van der Waals surface area contributed by atoms with Crippen molar-refractivity contribution in [3.8, 4) is 0 Å². The normalized spacial score (nSPS) is 22.8. The van der Waals surface area contributed by atoms with Crippen LogP contribution in [-0.2, 0) is 19.6 Å². The molecule has 1 N–H and O–H groups in total. The van der Waals surface area contributed by atoms with E-state index in [1.807, 2.05) is 0 Å². The molecule has 0 bridgehead atoms. The average molecular weight is 368 g/mol. The lowest BCUT2D eigenvalue weighted by molar-refractivity contribution is -0.154. The number of carboxylic acid groups (broad SMARTS) is 1. The van der Waals surface area contributed by atoms with E-state index in [0.29, 0.717) is 36.3 Å². The number of hydrogen-bond acceptors (Lipinski definition) is 5. The number of carboxylic acids is 1. The Bertz CT molecular complexity index is 807. The predicted molar refractivity (Wildman–Crippen MR) is 90.2 cm³/mol. The molecule has 2 fully saturated rings. The van der Waals surface area contributed by atoms with E-state index in [2.05, 4.69) is 0 Å². The average Bonchev–Trinajstić information content (AvgIpc) is 2.93. The number of anilines is 1. The fraction of sp³-hybridized carbons (Fsp3) is 0.500. The fourth-order valence-electron chi connectivity index (χ4n) is 3.13. The number of carbonyl (C=O) groups excluding carboxylic acids is 1. The third-order valence-corrected chi connectivity index (χ3v) is 6.33. The van der Waals surface area contributed by atoms with E-state index in [1.165, 1.54) is 9.21 Å². The first-order chi connectivity index (χ1) is 11.8. The molecule has 1 aromatic carbocycles. The van der Waals surface area contributed by atoms with Gasteiger partial charge in [-0.05, 0) is 37.1 Å². The quantitative estimate of drug-likeness (QED) is 0.831. The summed E-state index contributed by atoms with van der Waals surface area (Å²) < 4.78 is 30.5. The number of benzene rings is 1. The molecule has 0 saturated carbocycles. The second kappa shape index (κ2) is 6.64. The van der Waals surface area contributed by atoms with Gasteiger partial charge in [-0.1, -0.05) is 0 Å². The molecule has 3 rings (SSSR count). The highest BCUT2D eigenvalue weighted by Gasteiger charge is 2.31. The molecule has 9 heteroatoms. The Balaban J connectivity index is 1.81. The van der Waals surface area contributed by atoms with Crippen molar-refractivity contribution in [3.05, 3.63) is 29.3 Å². The number of nitrogens with zero attached hydrogens (tertiary/aromatic N) is 2. The van der Waals surface area contributed by atoms with Gasteiger partial charge in [0.1, 0.15) is 0 Å². The first-order valence-corrected chi connectivity index (χ1v) is 9.65. The van der Waals surface area contributed by atoms with E-state index in [9.17, 15) is 18.0 Å². The lowest BCUT2D eigenvalue weighted by Gasteiger charge is -2.31. The monoisotopic (exact) mass is 368 g/mol. The lowest BCUT2D eigenvalue weighted by Crippen LogP contribution is -2.48. The summed E-state index contributed by atoms with van der Waals surface area (Å²) in [7, 11) is -3.27. The number of hydrogen-bond donors (Lipinski definition) is 1. The van der Waals surface area contributed by atoms with E-state index < -0.39 is 22.1 Å². The van der Waals surface area contributed by atoms with E-state index in [0.717, 1.165) is 0 Å². The lowest BCUT2D eigenvalue weighted by atomic mass is 10.1. The smallest absolute Gasteiger partial charge is 0.334 e. The van der Waals surface area contributed by atoms with Gasteiger partial charge in [0.25, 0.3) is 5.91 Å². The minimum absolute atomic E-state index is 0.00410. The molecule has 2 saturated heterocycles. The van der Waals surface area contributed by atoms with Crippen molar-refractivity contribution in [1.29, 1.82) is 0 Å². The maximum atomic E-state index is 12.7. The summed E-state index contributed by atoms with van der Waals surface area (Å²) in [4.78, 5) is 25.2. The SMILES string of the molecule is Cc1cc(N2CCCS2(=O)=O)ccc1C(=O)N1CCOC(C(=O)O)C1. The van der Waals surface area contributed by atoms with Gasteiger partial charge in [-0.15, -0.1) is 0 Å². The standard InChI is InChI=1S/C16H20N2O6S/c1-11-9-12(18-5-2-8-25(18,22)23)3-4-13(11)15(19)17-6-7-24-14(10-17)16(20)21/h3-4,9,14H,2,5-8,10H2,1H3,(H,20,21). The topological polar surface area (TPSA) is 104 Å². The molecule has 2 aliphatic heterocycles. The molecule has 1 amide bonds. The molecular formula is C16H20N2O6S. The van der Waals surface area contributed by atoms with Crippen LogP contribution < -0.4 is 4.31 Å². The first kappa shape index (κ1) is 17.7. The van der Waals surface area contributed by atoms with E-state index in [-0.39, 0.29) is 24.8 Å². The molecule has 2 aliphatic rings.